The molecule has 1 amide bonds. The Morgan fingerprint density at radius 2 is 1.75 bits per heavy atom. The molecule has 1 heterocycles. The van der Waals surface area contributed by atoms with Crippen LogP contribution in [-0.2, 0) is 14.8 Å². The number of aryl methyl sites for hydroxylation is 1. The molecule has 1 N–H and O–H groups in total. The Morgan fingerprint density at radius 1 is 1.11 bits per heavy atom. The predicted molar refractivity (Wildman–Crippen MR) is 115 cm³/mol. The highest BCUT2D eigenvalue weighted by molar-refractivity contribution is 9.10. The van der Waals surface area contributed by atoms with E-state index in [0.29, 0.717) is 15.8 Å². The Kier molecular flexibility index (Phi) is 6.11. The van der Waals surface area contributed by atoms with Crippen molar-refractivity contribution >= 4 is 54.0 Å². The lowest BCUT2D eigenvalue weighted by molar-refractivity contribution is -0.114. The van der Waals surface area contributed by atoms with E-state index in [1.807, 2.05) is 31.2 Å². The molecule has 0 fully saturated rings. The Hall–Kier alpha value is -2.30. The van der Waals surface area contributed by atoms with Crippen LogP contribution in [0.5, 0.6) is 0 Å². The minimum absolute atomic E-state index is 0.310. The van der Waals surface area contributed by atoms with Gasteiger partial charge in [0.2, 0.25) is 21.1 Å². The van der Waals surface area contributed by atoms with Crippen molar-refractivity contribution in [2.45, 2.75) is 6.92 Å². The van der Waals surface area contributed by atoms with Gasteiger partial charge >= 0.3 is 0 Å². The Morgan fingerprint density at radius 3 is 2.36 bits per heavy atom. The number of nitrogens with zero attached hydrogens (tertiary/aromatic N) is 3. The highest BCUT2D eigenvalue weighted by Gasteiger charge is 2.21. The highest BCUT2D eigenvalue weighted by atomic mass is 79.9. The number of aromatic nitrogens is 2. The van der Waals surface area contributed by atoms with Crippen LogP contribution >= 0.6 is 27.3 Å². The summed E-state index contributed by atoms with van der Waals surface area (Å²) in [7, 11) is -3.64. The van der Waals surface area contributed by atoms with Crippen LogP contribution in [0.2, 0.25) is 0 Å². The molecule has 0 spiro atoms. The number of carbonyl (C=O) groups excluding carboxylic acids is 1. The normalized spacial score (nSPS) is 11.2. The molecule has 0 saturated heterocycles. The number of anilines is 2. The second-order valence-corrected chi connectivity index (χ2v) is 9.87. The first-order chi connectivity index (χ1) is 13.2. The van der Waals surface area contributed by atoms with Crippen LogP contribution in [0.25, 0.3) is 10.6 Å². The summed E-state index contributed by atoms with van der Waals surface area (Å²) >= 11 is 4.53. The van der Waals surface area contributed by atoms with E-state index in [2.05, 4.69) is 31.4 Å². The molecule has 3 aromatic rings. The maximum absolute atomic E-state index is 12.4. The van der Waals surface area contributed by atoms with E-state index in [1.54, 1.807) is 24.3 Å². The van der Waals surface area contributed by atoms with Crippen molar-refractivity contribution in [1.82, 2.24) is 10.2 Å². The monoisotopic (exact) mass is 480 g/mol. The number of carbonyl (C=O) groups is 1. The van der Waals surface area contributed by atoms with E-state index in [4.69, 9.17) is 0 Å². The number of sulfonamides is 1. The number of amides is 1. The minimum Gasteiger partial charge on any atom is -0.299 e. The quantitative estimate of drug-likeness (QED) is 0.580. The van der Waals surface area contributed by atoms with Gasteiger partial charge in [0.15, 0.2) is 0 Å². The van der Waals surface area contributed by atoms with Gasteiger partial charge in [-0.15, -0.1) is 10.2 Å². The van der Waals surface area contributed by atoms with Gasteiger partial charge in [0.05, 0.1) is 11.9 Å². The minimum atomic E-state index is -3.64. The molecule has 7 nitrogen and oxygen atoms in total. The molecule has 0 aliphatic carbocycles. The lowest BCUT2D eigenvalue weighted by Crippen LogP contribution is -2.37. The summed E-state index contributed by atoms with van der Waals surface area (Å²) in [5.74, 6) is -0.500. The summed E-state index contributed by atoms with van der Waals surface area (Å²) in [5, 5.41) is 11.7. The van der Waals surface area contributed by atoms with Crippen molar-refractivity contribution in [3.8, 4) is 10.6 Å². The molecule has 0 aliphatic rings. The third kappa shape index (κ3) is 5.15. The Balaban J connectivity index is 1.73. The summed E-state index contributed by atoms with van der Waals surface area (Å²) in [6.07, 6.45) is 1.06. The molecule has 0 aliphatic heterocycles. The number of hydrogen-bond acceptors (Lipinski definition) is 6. The molecular formula is C18H17BrN4O3S2. The Bertz CT molecular complexity index is 1080. The fraction of sp³-hybridized carbons (Fsp3) is 0.167. The van der Waals surface area contributed by atoms with E-state index >= 15 is 0 Å². The smallest absolute Gasteiger partial charge is 0.246 e. The van der Waals surface area contributed by atoms with Crippen LogP contribution in [0.15, 0.2) is 53.0 Å². The first-order valence-electron chi connectivity index (χ1n) is 8.16. The average Bonchev–Trinajstić information content (AvgIpc) is 3.09. The molecule has 0 radical (unpaired) electrons. The summed E-state index contributed by atoms with van der Waals surface area (Å²) in [6.45, 7) is 1.63. The van der Waals surface area contributed by atoms with E-state index < -0.39 is 15.9 Å². The van der Waals surface area contributed by atoms with Gasteiger partial charge in [0.1, 0.15) is 11.6 Å². The maximum Gasteiger partial charge on any atom is 0.246 e. The van der Waals surface area contributed by atoms with E-state index in [0.717, 1.165) is 26.2 Å². The van der Waals surface area contributed by atoms with Gasteiger partial charge in [-0.3, -0.25) is 14.4 Å². The summed E-state index contributed by atoms with van der Waals surface area (Å²) in [4.78, 5) is 12.4. The number of hydrogen-bond donors (Lipinski definition) is 1. The van der Waals surface area contributed by atoms with Crippen LogP contribution in [0.4, 0.5) is 10.8 Å². The van der Waals surface area contributed by atoms with Crippen molar-refractivity contribution in [2.75, 3.05) is 22.4 Å². The van der Waals surface area contributed by atoms with Crippen molar-refractivity contribution in [2.24, 2.45) is 0 Å². The first kappa shape index (κ1) is 20.4. The van der Waals surface area contributed by atoms with Crippen molar-refractivity contribution in [3.05, 3.63) is 58.6 Å². The highest BCUT2D eigenvalue weighted by Crippen LogP contribution is 2.27. The molecular weight excluding hydrogens is 464 g/mol. The topological polar surface area (TPSA) is 92.3 Å². The van der Waals surface area contributed by atoms with Crippen LogP contribution in [0, 0.1) is 6.92 Å². The summed E-state index contributed by atoms with van der Waals surface area (Å²) in [5.41, 5.74) is 2.44. The van der Waals surface area contributed by atoms with Crippen LogP contribution in [0.1, 0.15) is 5.56 Å². The van der Waals surface area contributed by atoms with Gasteiger partial charge in [0.25, 0.3) is 0 Å². The standard InChI is InChI=1S/C18H17BrN4O3S2/c1-12-3-5-13(6-4-12)17-21-22-18(27-17)20-16(24)11-23(28(2,25)26)15-9-7-14(19)8-10-15/h3-10H,11H2,1-2H3,(H,20,22,24). The maximum atomic E-state index is 12.4. The molecule has 0 unspecified atom stereocenters. The number of benzene rings is 2. The van der Waals surface area contributed by atoms with Gasteiger partial charge in [-0.25, -0.2) is 8.42 Å². The third-order valence-electron chi connectivity index (χ3n) is 3.77. The van der Waals surface area contributed by atoms with E-state index in [1.165, 1.54) is 11.3 Å². The third-order valence-corrected chi connectivity index (χ3v) is 6.33. The lowest BCUT2D eigenvalue weighted by Gasteiger charge is -2.21. The van der Waals surface area contributed by atoms with E-state index in [-0.39, 0.29) is 6.54 Å². The average molecular weight is 481 g/mol. The first-order valence-corrected chi connectivity index (χ1v) is 11.6. The van der Waals surface area contributed by atoms with Crippen molar-refractivity contribution in [3.63, 3.8) is 0 Å². The molecule has 0 saturated carbocycles. The predicted octanol–water partition coefficient (Wildman–Crippen LogP) is 3.68. The summed E-state index contributed by atoms with van der Waals surface area (Å²) < 4.78 is 26.1. The fourth-order valence-corrected chi connectivity index (χ4v) is 4.27. The largest absolute Gasteiger partial charge is 0.299 e. The molecule has 0 atom stereocenters. The van der Waals surface area contributed by atoms with Gasteiger partial charge in [-0.2, -0.15) is 0 Å². The fourth-order valence-electron chi connectivity index (χ4n) is 2.38. The lowest BCUT2D eigenvalue weighted by atomic mass is 10.2. The number of halogens is 1. The van der Waals surface area contributed by atoms with Crippen LogP contribution in [-0.4, -0.2) is 37.3 Å². The SMILES string of the molecule is Cc1ccc(-c2nnc(NC(=O)CN(c3ccc(Br)cc3)S(C)(=O)=O)s2)cc1. The number of rotatable bonds is 6. The van der Waals surface area contributed by atoms with Gasteiger partial charge < -0.3 is 0 Å². The molecule has 146 valence electrons. The molecule has 1 aromatic heterocycles. The molecule has 3 rings (SSSR count). The second-order valence-electron chi connectivity index (χ2n) is 6.07. The molecule has 10 heteroatoms. The Labute approximate surface area is 175 Å². The van der Waals surface area contributed by atoms with Crippen molar-refractivity contribution < 1.29 is 13.2 Å². The van der Waals surface area contributed by atoms with Crippen LogP contribution in [0.3, 0.4) is 0 Å². The zero-order chi connectivity index (χ0) is 20.3. The van der Waals surface area contributed by atoms with Gasteiger partial charge in [-0.1, -0.05) is 57.1 Å². The molecule has 28 heavy (non-hydrogen) atoms. The summed E-state index contributed by atoms with van der Waals surface area (Å²) in [6, 6.07) is 14.5. The van der Waals surface area contributed by atoms with Gasteiger partial charge in [-0.05, 0) is 31.2 Å². The molecule has 0 bridgehead atoms. The van der Waals surface area contributed by atoms with Gasteiger partial charge in [0, 0.05) is 10.0 Å². The van der Waals surface area contributed by atoms with Crippen molar-refractivity contribution in [1.29, 1.82) is 0 Å². The van der Waals surface area contributed by atoms with E-state index in [9.17, 15) is 13.2 Å². The molecule has 2 aromatic carbocycles. The van der Waals surface area contributed by atoms with Crippen LogP contribution < -0.4 is 9.62 Å². The second kappa shape index (κ2) is 8.38. The number of nitrogens with one attached hydrogen (secondary N) is 1. The zero-order valence-electron chi connectivity index (χ0n) is 15.1. The zero-order valence-corrected chi connectivity index (χ0v) is 18.3.